The zero-order valence-electron chi connectivity index (χ0n) is 10.2. The van der Waals surface area contributed by atoms with Crippen molar-refractivity contribution >= 4 is 11.6 Å². The number of ether oxygens (including phenoxy) is 1. The van der Waals surface area contributed by atoms with E-state index in [1.54, 1.807) is 0 Å². The molecule has 20 heavy (non-hydrogen) atoms. The van der Waals surface area contributed by atoms with Crippen molar-refractivity contribution in [2.24, 2.45) is 0 Å². The van der Waals surface area contributed by atoms with Crippen LogP contribution in [0.25, 0.3) is 11.3 Å². The Morgan fingerprint density at radius 2 is 1.90 bits per heavy atom. The lowest BCUT2D eigenvalue weighted by atomic mass is 10.1. The van der Waals surface area contributed by atoms with E-state index in [1.807, 2.05) is 0 Å². The van der Waals surface area contributed by atoms with Crippen LogP contribution in [0.1, 0.15) is 5.56 Å². The highest BCUT2D eigenvalue weighted by Crippen LogP contribution is 2.34. The molecule has 1 aromatic carbocycles. The van der Waals surface area contributed by atoms with E-state index in [4.69, 9.17) is 16.3 Å². The number of methoxy groups -OCH3 is 1. The number of aromatic amines is 1. The SMILES string of the molecule is COc1ccc(Cl)cc1-c1cc(C(F)(F)F)cc(=O)[nH]1. The number of hydrogen-bond donors (Lipinski definition) is 1. The Labute approximate surface area is 117 Å². The summed E-state index contributed by atoms with van der Waals surface area (Å²) in [6, 6.07) is 5.81. The van der Waals surface area contributed by atoms with Crippen LogP contribution in [0.2, 0.25) is 5.02 Å². The Morgan fingerprint density at radius 1 is 1.20 bits per heavy atom. The fourth-order valence-corrected chi connectivity index (χ4v) is 1.91. The van der Waals surface area contributed by atoms with E-state index in [0.717, 1.165) is 6.07 Å². The predicted molar refractivity (Wildman–Crippen MR) is 69.1 cm³/mol. The molecule has 0 aliphatic heterocycles. The molecule has 0 spiro atoms. The van der Waals surface area contributed by atoms with Crippen LogP contribution >= 0.6 is 11.6 Å². The summed E-state index contributed by atoms with van der Waals surface area (Å²) >= 11 is 5.82. The lowest BCUT2D eigenvalue weighted by Crippen LogP contribution is -2.14. The molecule has 0 saturated carbocycles. The van der Waals surface area contributed by atoms with E-state index in [-0.39, 0.29) is 11.3 Å². The van der Waals surface area contributed by atoms with E-state index in [9.17, 15) is 18.0 Å². The molecule has 7 heteroatoms. The number of nitrogens with one attached hydrogen (secondary N) is 1. The van der Waals surface area contributed by atoms with Crippen molar-refractivity contribution in [3.63, 3.8) is 0 Å². The molecule has 0 radical (unpaired) electrons. The third kappa shape index (κ3) is 2.96. The van der Waals surface area contributed by atoms with Gasteiger partial charge in [0.25, 0.3) is 0 Å². The Balaban J connectivity index is 2.67. The summed E-state index contributed by atoms with van der Waals surface area (Å²) < 4.78 is 43.2. The minimum absolute atomic E-state index is 0.0100. The summed E-state index contributed by atoms with van der Waals surface area (Å²) in [6.45, 7) is 0. The molecule has 0 amide bonds. The van der Waals surface area contributed by atoms with Crippen LogP contribution in [0, 0.1) is 0 Å². The molecule has 0 saturated heterocycles. The first-order chi connectivity index (χ1) is 9.31. The first-order valence-corrected chi connectivity index (χ1v) is 5.84. The highest BCUT2D eigenvalue weighted by atomic mass is 35.5. The van der Waals surface area contributed by atoms with Gasteiger partial charge in [0.15, 0.2) is 0 Å². The van der Waals surface area contributed by atoms with E-state index >= 15 is 0 Å². The molecule has 0 bridgehead atoms. The third-order valence-electron chi connectivity index (χ3n) is 2.62. The maximum atomic E-state index is 12.7. The minimum Gasteiger partial charge on any atom is -0.496 e. The van der Waals surface area contributed by atoms with Crippen LogP contribution in [-0.4, -0.2) is 12.1 Å². The van der Waals surface area contributed by atoms with Crippen LogP contribution in [0.4, 0.5) is 13.2 Å². The summed E-state index contributed by atoms with van der Waals surface area (Å²) in [5, 5.41) is 0.319. The summed E-state index contributed by atoms with van der Waals surface area (Å²) in [6.07, 6.45) is -4.60. The molecular formula is C13H9ClF3NO2. The molecule has 0 aliphatic rings. The molecule has 1 aromatic heterocycles. The van der Waals surface area contributed by atoms with Gasteiger partial charge in [-0.05, 0) is 24.3 Å². The van der Waals surface area contributed by atoms with Gasteiger partial charge in [0.2, 0.25) is 5.56 Å². The second-order valence-corrected chi connectivity index (χ2v) is 4.43. The van der Waals surface area contributed by atoms with Gasteiger partial charge in [-0.15, -0.1) is 0 Å². The second kappa shape index (κ2) is 5.20. The standard InChI is InChI=1S/C13H9ClF3NO2/c1-20-11-3-2-8(14)6-9(11)10-4-7(13(15,16)17)5-12(19)18-10/h2-6H,1H3,(H,18,19). The van der Waals surface area contributed by atoms with Crippen LogP contribution in [0.3, 0.4) is 0 Å². The van der Waals surface area contributed by atoms with Crippen LogP contribution in [0.15, 0.2) is 35.1 Å². The highest BCUT2D eigenvalue weighted by molar-refractivity contribution is 6.30. The number of H-pyrrole nitrogens is 1. The van der Waals surface area contributed by atoms with Gasteiger partial charge < -0.3 is 9.72 Å². The molecule has 2 aromatic rings. The van der Waals surface area contributed by atoms with Crippen molar-refractivity contribution in [1.29, 1.82) is 0 Å². The van der Waals surface area contributed by atoms with Crippen molar-refractivity contribution in [2.45, 2.75) is 6.18 Å². The van der Waals surface area contributed by atoms with Crippen molar-refractivity contribution in [1.82, 2.24) is 4.98 Å². The van der Waals surface area contributed by atoms with Gasteiger partial charge in [0.1, 0.15) is 5.75 Å². The molecule has 0 fully saturated rings. The zero-order valence-corrected chi connectivity index (χ0v) is 11.0. The van der Waals surface area contributed by atoms with E-state index < -0.39 is 17.3 Å². The van der Waals surface area contributed by atoms with Gasteiger partial charge in [-0.1, -0.05) is 11.6 Å². The fraction of sp³-hybridized carbons (Fsp3) is 0.154. The average Bonchev–Trinajstić information content (AvgIpc) is 2.37. The van der Waals surface area contributed by atoms with Crippen molar-refractivity contribution in [3.05, 3.63) is 51.3 Å². The van der Waals surface area contributed by atoms with Crippen molar-refractivity contribution in [2.75, 3.05) is 7.11 Å². The van der Waals surface area contributed by atoms with E-state index in [1.165, 1.54) is 25.3 Å². The zero-order chi connectivity index (χ0) is 14.9. The topological polar surface area (TPSA) is 42.1 Å². The number of rotatable bonds is 2. The highest BCUT2D eigenvalue weighted by Gasteiger charge is 2.31. The first kappa shape index (κ1) is 14.5. The van der Waals surface area contributed by atoms with Crippen LogP contribution in [-0.2, 0) is 6.18 Å². The Hall–Kier alpha value is -1.95. The maximum absolute atomic E-state index is 12.7. The van der Waals surface area contributed by atoms with Gasteiger partial charge in [-0.2, -0.15) is 13.2 Å². The van der Waals surface area contributed by atoms with Crippen LogP contribution < -0.4 is 10.3 Å². The normalized spacial score (nSPS) is 11.4. The number of pyridine rings is 1. The Bertz CT molecular complexity index is 695. The van der Waals surface area contributed by atoms with Gasteiger partial charge in [0.05, 0.1) is 18.4 Å². The van der Waals surface area contributed by atoms with Gasteiger partial charge in [0, 0.05) is 16.7 Å². The smallest absolute Gasteiger partial charge is 0.416 e. The molecule has 106 valence electrons. The number of alkyl halides is 3. The molecule has 0 unspecified atom stereocenters. The van der Waals surface area contributed by atoms with Crippen molar-refractivity contribution in [3.8, 4) is 17.0 Å². The number of hydrogen-bond acceptors (Lipinski definition) is 2. The monoisotopic (exact) mass is 303 g/mol. The van der Waals surface area contributed by atoms with Gasteiger partial charge in [-0.3, -0.25) is 4.79 Å². The number of halogens is 4. The molecule has 2 rings (SSSR count). The lowest BCUT2D eigenvalue weighted by Gasteiger charge is -2.11. The average molecular weight is 304 g/mol. The quantitative estimate of drug-likeness (QED) is 0.918. The molecular weight excluding hydrogens is 295 g/mol. The summed E-state index contributed by atoms with van der Waals surface area (Å²) in [4.78, 5) is 13.7. The van der Waals surface area contributed by atoms with Gasteiger partial charge >= 0.3 is 6.18 Å². The lowest BCUT2D eigenvalue weighted by molar-refractivity contribution is -0.137. The number of benzene rings is 1. The maximum Gasteiger partial charge on any atom is 0.416 e. The van der Waals surface area contributed by atoms with Crippen LogP contribution in [0.5, 0.6) is 5.75 Å². The largest absolute Gasteiger partial charge is 0.496 e. The van der Waals surface area contributed by atoms with Gasteiger partial charge in [-0.25, -0.2) is 0 Å². The molecule has 1 heterocycles. The van der Waals surface area contributed by atoms with Crippen molar-refractivity contribution < 1.29 is 17.9 Å². The first-order valence-electron chi connectivity index (χ1n) is 5.47. The third-order valence-corrected chi connectivity index (χ3v) is 2.86. The summed E-state index contributed by atoms with van der Waals surface area (Å²) in [7, 11) is 1.37. The molecule has 1 N–H and O–H groups in total. The van der Waals surface area contributed by atoms with E-state index in [0.29, 0.717) is 16.8 Å². The minimum atomic E-state index is -4.60. The summed E-state index contributed by atoms with van der Waals surface area (Å²) in [5.74, 6) is 0.310. The van der Waals surface area contributed by atoms with E-state index in [2.05, 4.69) is 4.98 Å². The summed E-state index contributed by atoms with van der Waals surface area (Å²) in [5.41, 5.74) is -1.61. The molecule has 0 atom stereocenters. The fourth-order valence-electron chi connectivity index (χ4n) is 1.74. The Kier molecular flexibility index (Phi) is 3.76. The number of aromatic nitrogens is 1. The Morgan fingerprint density at radius 3 is 2.50 bits per heavy atom. The molecule has 0 aliphatic carbocycles. The molecule has 3 nitrogen and oxygen atoms in total. The second-order valence-electron chi connectivity index (χ2n) is 3.99. The predicted octanol–water partition coefficient (Wildman–Crippen LogP) is 3.72.